The van der Waals surface area contributed by atoms with Crippen molar-refractivity contribution in [1.82, 2.24) is 19.9 Å². The Hall–Kier alpha value is -6.84. The molecule has 12 nitrogen and oxygen atoms in total. The van der Waals surface area contributed by atoms with Gasteiger partial charge in [0, 0.05) is 75.1 Å². The number of fused-ring (bicyclic) bond motifs is 8. The van der Waals surface area contributed by atoms with Crippen LogP contribution >= 0.6 is 0 Å². The van der Waals surface area contributed by atoms with Gasteiger partial charge in [-0.15, -0.1) is 0 Å². The van der Waals surface area contributed by atoms with Crippen molar-refractivity contribution in [2.24, 2.45) is 0 Å². The molecule has 0 fully saturated rings. The predicted molar refractivity (Wildman–Crippen MR) is 286 cm³/mol. The average Bonchev–Trinajstić information content (AvgIpc) is 4.14. The first-order chi connectivity index (χ1) is 35.5. The van der Waals surface area contributed by atoms with Crippen molar-refractivity contribution in [3.05, 3.63) is 166 Å². The zero-order chi connectivity index (χ0) is 50.1. The highest BCUT2D eigenvalue weighted by molar-refractivity contribution is 6.09. The normalized spacial score (nSPS) is 12.7. The van der Waals surface area contributed by atoms with Crippen LogP contribution in [0.4, 0.5) is 0 Å². The summed E-state index contributed by atoms with van der Waals surface area (Å²) < 4.78 is 0. The van der Waals surface area contributed by atoms with Gasteiger partial charge in [0.1, 0.15) is 0 Å². The fraction of sp³-hybridized carbons (Fsp3) is 0.267. The minimum atomic E-state index is -0.229. The van der Waals surface area contributed by atoms with E-state index in [9.17, 15) is 40.9 Å². The second-order valence-corrected chi connectivity index (χ2v) is 17.9. The highest BCUT2D eigenvalue weighted by Crippen LogP contribution is 2.50. The first-order valence-electron chi connectivity index (χ1n) is 24.9. The molecule has 3 aromatic heterocycles. The summed E-state index contributed by atoms with van der Waals surface area (Å²) in [6.45, 7) is -1.80. The van der Waals surface area contributed by atoms with Crippen LogP contribution in [0.25, 0.3) is 88.9 Å². The van der Waals surface area contributed by atoms with Crippen molar-refractivity contribution in [3.8, 4) is 44.5 Å². The van der Waals surface area contributed by atoms with E-state index in [-0.39, 0.29) is 104 Å². The maximum atomic E-state index is 11.0. The van der Waals surface area contributed by atoms with E-state index in [1.54, 1.807) is 0 Å². The van der Waals surface area contributed by atoms with E-state index < -0.39 is 0 Å². The molecule has 12 heteroatoms. The molecule has 8 bridgehead atoms. The van der Waals surface area contributed by atoms with Crippen LogP contribution in [-0.2, 0) is 25.7 Å². The number of benzene rings is 4. The number of aromatic amines is 2. The van der Waals surface area contributed by atoms with Gasteiger partial charge in [0.15, 0.2) is 0 Å². The zero-order valence-electron chi connectivity index (χ0n) is 40.3. The third-order valence-electron chi connectivity index (χ3n) is 13.8. The maximum absolute atomic E-state index is 11.0. The molecular formula is C60H62N4O8. The molecule has 4 aromatic carbocycles. The lowest BCUT2D eigenvalue weighted by molar-refractivity contribution is 0.294. The van der Waals surface area contributed by atoms with E-state index in [0.29, 0.717) is 67.1 Å². The van der Waals surface area contributed by atoms with E-state index in [0.717, 1.165) is 66.8 Å². The molecule has 370 valence electrons. The van der Waals surface area contributed by atoms with Crippen molar-refractivity contribution < 1.29 is 40.9 Å². The Morgan fingerprint density at radius 3 is 0.639 bits per heavy atom. The van der Waals surface area contributed by atoms with Gasteiger partial charge in [-0.3, -0.25) is 0 Å². The second-order valence-electron chi connectivity index (χ2n) is 17.9. The molecule has 0 saturated carbocycles. The Morgan fingerprint density at radius 2 is 0.458 bits per heavy atom. The van der Waals surface area contributed by atoms with Crippen LogP contribution in [0.5, 0.6) is 0 Å². The summed E-state index contributed by atoms with van der Waals surface area (Å²) in [7, 11) is 0. The minimum absolute atomic E-state index is 0.184. The number of aromatic nitrogens is 4. The van der Waals surface area contributed by atoms with E-state index in [4.69, 9.17) is 9.97 Å². The fourth-order valence-corrected chi connectivity index (χ4v) is 11.0. The molecule has 0 radical (unpaired) electrons. The zero-order valence-corrected chi connectivity index (χ0v) is 40.3. The molecule has 2 aliphatic heterocycles. The molecule has 0 spiro atoms. The predicted octanol–water partition coefficient (Wildman–Crippen LogP) is 8.47. The molecule has 5 heterocycles. The van der Waals surface area contributed by atoms with E-state index in [2.05, 4.69) is 9.97 Å². The smallest absolute Gasteiger partial charge is 0.0773 e. The number of nitrogens with zero attached hydrogens (tertiary/aromatic N) is 2. The lowest BCUT2D eigenvalue weighted by Gasteiger charge is -2.13. The average molecular weight is 967 g/mol. The lowest BCUT2D eigenvalue weighted by Crippen LogP contribution is -2.00. The summed E-state index contributed by atoms with van der Waals surface area (Å²) in [5.41, 5.74) is 16.6. The van der Waals surface area contributed by atoms with Gasteiger partial charge in [0.05, 0.1) is 44.8 Å². The van der Waals surface area contributed by atoms with Crippen LogP contribution in [0, 0.1) is 0 Å². The molecule has 7 aromatic rings. The topological polar surface area (TPSA) is 219 Å². The molecule has 0 atom stereocenters. The van der Waals surface area contributed by atoms with Crippen molar-refractivity contribution in [1.29, 1.82) is 0 Å². The quantitative estimate of drug-likeness (QED) is 0.0351. The SMILES string of the molecule is OCCC1=C(CCO)c2nc1c(-c1ccccc1)c1[nH]c(c(CCO)c1CCO)c(-c1ccccc1)c1nc(c(-c3ccccc3)c3[nH]c(c(CCO)c3CCO)c2-c2ccccc2)C(CCO)=C1CCO. The maximum Gasteiger partial charge on any atom is 0.0773 e. The number of rotatable bonds is 20. The largest absolute Gasteiger partial charge is 0.396 e. The second kappa shape index (κ2) is 23.1. The van der Waals surface area contributed by atoms with E-state index in [1.807, 2.05) is 121 Å². The first-order valence-corrected chi connectivity index (χ1v) is 24.9. The Morgan fingerprint density at radius 1 is 0.264 bits per heavy atom. The summed E-state index contributed by atoms with van der Waals surface area (Å²) in [6, 6.07) is 39.3. The number of hydrogen-bond donors (Lipinski definition) is 10. The Kier molecular flexibility index (Phi) is 16.1. The molecule has 0 amide bonds. The Bertz CT molecular complexity index is 2840. The minimum Gasteiger partial charge on any atom is -0.396 e. The van der Waals surface area contributed by atoms with Gasteiger partial charge >= 0.3 is 0 Å². The number of hydrogen-bond acceptors (Lipinski definition) is 10. The summed E-state index contributed by atoms with van der Waals surface area (Å²) >= 11 is 0. The van der Waals surface area contributed by atoms with Crippen LogP contribution in [0.3, 0.4) is 0 Å². The standard InChI is InChI=1S/C60H62N4O8/c65-29-21-41-43(23-31-67)55-50(38-15-7-2-8-16-38)57-45(25-33-69)47(27-35-71)59(63-57)52(40-19-11-4-12-20-40)60-48(28-36-72)46(26-34-70)58(64-60)51(39-17-9-3-10-18-39)56-44(24-32-68)42(22-30-66)54(62-56)49(53(41)61-55)37-13-5-1-6-14-37/h1-20,61,64-72H,21-36H2. The first kappa shape index (κ1) is 50.1. The summed E-state index contributed by atoms with van der Waals surface area (Å²) in [5.74, 6) is 0. The number of aliphatic hydroxyl groups excluding tert-OH is 8. The van der Waals surface area contributed by atoms with E-state index >= 15 is 0 Å². The van der Waals surface area contributed by atoms with Crippen molar-refractivity contribution in [2.75, 3.05) is 52.9 Å². The van der Waals surface area contributed by atoms with Gasteiger partial charge in [-0.2, -0.15) is 0 Å². The van der Waals surface area contributed by atoms with Gasteiger partial charge in [-0.25, -0.2) is 9.97 Å². The third-order valence-corrected chi connectivity index (χ3v) is 13.8. The van der Waals surface area contributed by atoms with Crippen molar-refractivity contribution >= 4 is 44.4 Å². The van der Waals surface area contributed by atoms with Gasteiger partial charge in [-0.05, 0) is 118 Å². The highest BCUT2D eigenvalue weighted by atomic mass is 16.3. The molecule has 10 N–H and O–H groups in total. The Labute approximate surface area is 418 Å². The molecule has 0 saturated heterocycles. The van der Waals surface area contributed by atoms with Crippen LogP contribution in [-0.4, -0.2) is 114 Å². The van der Waals surface area contributed by atoms with Gasteiger partial charge < -0.3 is 50.8 Å². The van der Waals surface area contributed by atoms with Crippen molar-refractivity contribution in [2.45, 2.75) is 51.4 Å². The Balaban J connectivity index is 1.73. The fourth-order valence-electron chi connectivity index (χ4n) is 11.0. The van der Waals surface area contributed by atoms with Crippen LogP contribution < -0.4 is 0 Å². The van der Waals surface area contributed by atoms with E-state index in [1.165, 1.54) is 0 Å². The molecular weight excluding hydrogens is 905 g/mol. The lowest BCUT2D eigenvalue weighted by atomic mass is 9.89. The number of H-pyrrole nitrogens is 2. The molecule has 0 aliphatic carbocycles. The number of nitrogens with one attached hydrogen (secondary N) is 2. The molecule has 72 heavy (non-hydrogen) atoms. The molecule has 0 unspecified atom stereocenters. The molecule has 2 aliphatic rings. The summed E-state index contributed by atoms with van der Waals surface area (Å²) in [5, 5.41) is 88.1. The van der Waals surface area contributed by atoms with Gasteiger partial charge in [0.25, 0.3) is 0 Å². The number of aliphatic hydroxyl groups is 8. The summed E-state index contributed by atoms with van der Waals surface area (Å²) in [4.78, 5) is 19.2. The van der Waals surface area contributed by atoms with Crippen LogP contribution in [0.2, 0.25) is 0 Å². The van der Waals surface area contributed by atoms with Gasteiger partial charge in [0.2, 0.25) is 0 Å². The van der Waals surface area contributed by atoms with Gasteiger partial charge in [-0.1, -0.05) is 121 Å². The summed E-state index contributed by atoms with van der Waals surface area (Å²) in [6.07, 6.45) is 1.52. The third kappa shape index (κ3) is 9.40. The van der Waals surface area contributed by atoms with Crippen molar-refractivity contribution in [3.63, 3.8) is 0 Å². The highest BCUT2D eigenvalue weighted by Gasteiger charge is 2.33. The molecule has 9 rings (SSSR count). The monoisotopic (exact) mass is 966 g/mol. The van der Waals surface area contributed by atoms with Crippen LogP contribution in [0.1, 0.15) is 70.7 Å². The van der Waals surface area contributed by atoms with Crippen LogP contribution in [0.15, 0.2) is 121 Å².